The SMILES string of the molecule is CCOC(=O)c1cc(C)nn1C(C)=O. The van der Waals surface area contributed by atoms with Gasteiger partial charge in [-0.3, -0.25) is 4.79 Å². The summed E-state index contributed by atoms with van der Waals surface area (Å²) in [5.74, 6) is -0.829. The maximum absolute atomic E-state index is 11.3. The van der Waals surface area contributed by atoms with Crippen LogP contribution in [0.15, 0.2) is 6.07 Å². The molecule has 0 aliphatic heterocycles. The second-order valence-corrected chi connectivity index (χ2v) is 2.82. The normalized spacial score (nSPS) is 9.93. The van der Waals surface area contributed by atoms with Gasteiger partial charge in [0.25, 0.3) is 0 Å². The fraction of sp³-hybridized carbons (Fsp3) is 0.444. The van der Waals surface area contributed by atoms with Crippen molar-refractivity contribution in [2.45, 2.75) is 20.8 Å². The summed E-state index contributed by atoms with van der Waals surface area (Å²) in [7, 11) is 0. The number of esters is 1. The summed E-state index contributed by atoms with van der Waals surface area (Å²) in [6.07, 6.45) is 0. The molecule has 0 atom stereocenters. The Hall–Kier alpha value is -1.65. The van der Waals surface area contributed by atoms with Gasteiger partial charge in [-0.2, -0.15) is 9.78 Å². The lowest BCUT2D eigenvalue weighted by atomic mass is 10.4. The first-order valence-electron chi connectivity index (χ1n) is 4.31. The Kier molecular flexibility index (Phi) is 3.01. The number of aryl methyl sites for hydroxylation is 1. The highest BCUT2D eigenvalue weighted by Gasteiger charge is 2.17. The number of aromatic nitrogens is 2. The maximum Gasteiger partial charge on any atom is 0.357 e. The van der Waals surface area contributed by atoms with Crippen LogP contribution in [-0.4, -0.2) is 28.3 Å². The average Bonchev–Trinajstić information content (AvgIpc) is 2.48. The number of carbonyl (C=O) groups is 2. The molecule has 1 aromatic heterocycles. The average molecular weight is 196 g/mol. The van der Waals surface area contributed by atoms with Crippen LogP contribution in [0.2, 0.25) is 0 Å². The van der Waals surface area contributed by atoms with E-state index >= 15 is 0 Å². The molecule has 1 heterocycles. The van der Waals surface area contributed by atoms with Crippen molar-refractivity contribution in [3.05, 3.63) is 17.5 Å². The smallest absolute Gasteiger partial charge is 0.357 e. The third-order valence-electron chi connectivity index (χ3n) is 1.61. The van der Waals surface area contributed by atoms with Crippen LogP contribution in [0, 0.1) is 6.92 Å². The molecule has 0 amide bonds. The monoisotopic (exact) mass is 196 g/mol. The van der Waals surface area contributed by atoms with Crippen molar-refractivity contribution >= 4 is 11.9 Å². The second kappa shape index (κ2) is 4.04. The molecular weight excluding hydrogens is 184 g/mol. The molecule has 0 fully saturated rings. The molecule has 0 aliphatic rings. The molecule has 0 spiro atoms. The standard InChI is InChI=1S/C9H12N2O3/c1-4-14-9(13)8-5-6(2)10-11(8)7(3)12/h5H,4H2,1-3H3. The Labute approximate surface area is 81.7 Å². The molecule has 0 aliphatic carbocycles. The fourth-order valence-corrected chi connectivity index (χ4v) is 1.09. The topological polar surface area (TPSA) is 61.2 Å². The predicted octanol–water partition coefficient (Wildman–Crippen LogP) is 1.03. The number of carbonyl (C=O) groups excluding carboxylic acids is 2. The van der Waals surface area contributed by atoms with Crippen molar-refractivity contribution in [3.8, 4) is 0 Å². The molecule has 0 bridgehead atoms. The van der Waals surface area contributed by atoms with Crippen molar-refractivity contribution in [2.24, 2.45) is 0 Å². The summed E-state index contributed by atoms with van der Waals surface area (Å²) in [5, 5.41) is 3.88. The first-order chi connectivity index (χ1) is 6.56. The van der Waals surface area contributed by atoms with Crippen molar-refractivity contribution < 1.29 is 14.3 Å². The maximum atomic E-state index is 11.3. The van der Waals surface area contributed by atoms with Gasteiger partial charge in [-0.15, -0.1) is 0 Å². The predicted molar refractivity (Wildman–Crippen MR) is 49.2 cm³/mol. The molecule has 0 N–H and O–H groups in total. The highest BCUT2D eigenvalue weighted by Crippen LogP contribution is 2.05. The zero-order valence-corrected chi connectivity index (χ0v) is 8.40. The summed E-state index contributed by atoms with van der Waals surface area (Å²) in [6.45, 7) is 5.04. The van der Waals surface area contributed by atoms with Crippen LogP contribution >= 0.6 is 0 Å². The quantitative estimate of drug-likeness (QED) is 0.663. The third-order valence-corrected chi connectivity index (χ3v) is 1.61. The van der Waals surface area contributed by atoms with Crippen LogP contribution in [0.25, 0.3) is 0 Å². The zero-order chi connectivity index (χ0) is 10.7. The molecule has 0 radical (unpaired) electrons. The number of hydrogen-bond donors (Lipinski definition) is 0. The summed E-state index contributed by atoms with van der Waals surface area (Å²) >= 11 is 0. The van der Waals surface area contributed by atoms with Gasteiger partial charge in [-0.1, -0.05) is 0 Å². The van der Waals surface area contributed by atoms with E-state index in [1.807, 2.05) is 0 Å². The van der Waals surface area contributed by atoms with E-state index in [0.29, 0.717) is 5.69 Å². The molecule has 0 aromatic carbocycles. The van der Waals surface area contributed by atoms with E-state index in [4.69, 9.17) is 4.74 Å². The van der Waals surface area contributed by atoms with E-state index in [9.17, 15) is 9.59 Å². The molecule has 0 unspecified atom stereocenters. The van der Waals surface area contributed by atoms with E-state index < -0.39 is 5.97 Å². The number of rotatable bonds is 2. The molecule has 0 saturated heterocycles. The minimum Gasteiger partial charge on any atom is -0.461 e. The first kappa shape index (κ1) is 10.4. The largest absolute Gasteiger partial charge is 0.461 e. The van der Waals surface area contributed by atoms with E-state index in [2.05, 4.69) is 5.10 Å². The molecule has 1 aromatic rings. The van der Waals surface area contributed by atoms with Gasteiger partial charge < -0.3 is 4.74 Å². The van der Waals surface area contributed by atoms with Gasteiger partial charge in [-0.05, 0) is 19.9 Å². The Morgan fingerprint density at radius 3 is 2.71 bits per heavy atom. The summed E-state index contributed by atoms with van der Waals surface area (Å²) in [5.41, 5.74) is 0.792. The fourth-order valence-electron chi connectivity index (χ4n) is 1.09. The minimum absolute atomic E-state index is 0.178. The highest BCUT2D eigenvalue weighted by atomic mass is 16.5. The Bertz CT molecular complexity index is 368. The summed E-state index contributed by atoms with van der Waals surface area (Å²) in [4.78, 5) is 22.4. The van der Waals surface area contributed by atoms with Crippen molar-refractivity contribution in [1.29, 1.82) is 0 Å². The number of nitrogens with zero attached hydrogens (tertiary/aromatic N) is 2. The molecule has 0 saturated carbocycles. The van der Waals surface area contributed by atoms with Gasteiger partial charge in [0, 0.05) is 6.92 Å². The first-order valence-corrected chi connectivity index (χ1v) is 4.31. The number of hydrogen-bond acceptors (Lipinski definition) is 4. The van der Waals surface area contributed by atoms with Gasteiger partial charge in [0.05, 0.1) is 12.3 Å². The van der Waals surface area contributed by atoms with Crippen LogP contribution in [0.3, 0.4) is 0 Å². The lowest BCUT2D eigenvalue weighted by molar-refractivity contribution is 0.0506. The lowest BCUT2D eigenvalue weighted by Crippen LogP contribution is -2.17. The molecule has 5 heteroatoms. The van der Waals surface area contributed by atoms with Gasteiger partial charge in [0.2, 0.25) is 5.91 Å². The third kappa shape index (κ3) is 1.99. The number of ether oxygens (including phenoxy) is 1. The Morgan fingerprint density at radius 2 is 2.21 bits per heavy atom. The van der Waals surface area contributed by atoms with Crippen LogP contribution in [-0.2, 0) is 4.74 Å². The van der Waals surface area contributed by atoms with Crippen molar-refractivity contribution in [2.75, 3.05) is 6.61 Å². The van der Waals surface area contributed by atoms with Crippen LogP contribution in [0.5, 0.6) is 0 Å². The van der Waals surface area contributed by atoms with E-state index in [-0.39, 0.29) is 18.2 Å². The van der Waals surface area contributed by atoms with Crippen LogP contribution in [0.1, 0.15) is 34.8 Å². The van der Waals surface area contributed by atoms with Crippen molar-refractivity contribution in [1.82, 2.24) is 9.78 Å². The Balaban J connectivity index is 3.06. The van der Waals surface area contributed by atoms with E-state index in [1.165, 1.54) is 13.0 Å². The molecule has 1 rings (SSSR count). The molecule has 5 nitrogen and oxygen atoms in total. The van der Waals surface area contributed by atoms with E-state index in [0.717, 1.165) is 4.68 Å². The Morgan fingerprint density at radius 1 is 1.57 bits per heavy atom. The highest BCUT2D eigenvalue weighted by molar-refractivity contribution is 5.92. The van der Waals surface area contributed by atoms with E-state index in [1.54, 1.807) is 13.8 Å². The van der Waals surface area contributed by atoms with Gasteiger partial charge in [0.15, 0.2) is 5.69 Å². The van der Waals surface area contributed by atoms with Crippen LogP contribution in [0.4, 0.5) is 0 Å². The lowest BCUT2D eigenvalue weighted by Gasteiger charge is -2.01. The summed E-state index contributed by atoms with van der Waals surface area (Å²) < 4.78 is 5.83. The van der Waals surface area contributed by atoms with Crippen LogP contribution < -0.4 is 0 Å². The molecule has 14 heavy (non-hydrogen) atoms. The van der Waals surface area contributed by atoms with Gasteiger partial charge in [-0.25, -0.2) is 4.79 Å². The van der Waals surface area contributed by atoms with Gasteiger partial charge in [0.1, 0.15) is 0 Å². The molecule has 76 valence electrons. The second-order valence-electron chi connectivity index (χ2n) is 2.82. The van der Waals surface area contributed by atoms with Crippen molar-refractivity contribution in [3.63, 3.8) is 0 Å². The van der Waals surface area contributed by atoms with Gasteiger partial charge >= 0.3 is 5.97 Å². The summed E-state index contributed by atoms with van der Waals surface area (Å²) in [6, 6.07) is 1.53. The minimum atomic E-state index is -0.525. The molecular formula is C9H12N2O3. The zero-order valence-electron chi connectivity index (χ0n) is 8.40.